The van der Waals surface area contributed by atoms with Crippen LogP contribution in [0.3, 0.4) is 0 Å². The Morgan fingerprint density at radius 1 is 0.949 bits per heavy atom. The van der Waals surface area contributed by atoms with Crippen molar-refractivity contribution in [3.05, 3.63) is 104 Å². The van der Waals surface area contributed by atoms with E-state index in [4.69, 9.17) is 18.6 Å². The molecule has 1 atom stereocenters. The molecular formula is C32H33NO6. The van der Waals surface area contributed by atoms with Gasteiger partial charge in [-0.15, -0.1) is 0 Å². The first-order valence-corrected chi connectivity index (χ1v) is 13.2. The first kappa shape index (κ1) is 26.5. The average Bonchev–Trinajstić information content (AvgIpc) is 3.21. The number of benzene rings is 3. The number of nitrogens with zero attached hydrogens (tertiary/aromatic N) is 1. The van der Waals surface area contributed by atoms with Crippen molar-refractivity contribution in [2.45, 2.75) is 39.8 Å². The molecule has 0 N–H and O–H groups in total. The second-order valence-electron chi connectivity index (χ2n) is 9.79. The molecule has 1 aliphatic heterocycles. The van der Waals surface area contributed by atoms with Crippen molar-refractivity contribution in [2.75, 3.05) is 26.9 Å². The van der Waals surface area contributed by atoms with E-state index in [1.807, 2.05) is 81.4 Å². The minimum Gasteiger partial charge on any atom is -0.490 e. The minimum absolute atomic E-state index is 0.101. The Balaban J connectivity index is 1.60. The van der Waals surface area contributed by atoms with Crippen LogP contribution in [0.5, 0.6) is 11.5 Å². The summed E-state index contributed by atoms with van der Waals surface area (Å²) >= 11 is 0. The van der Waals surface area contributed by atoms with Crippen molar-refractivity contribution in [1.29, 1.82) is 0 Å². The second-order valence-corrected chi connectivity index (χ2v) is 9.79. The third-order valence-corrected chi connectivity index (χ3v) is 6.97. The minimum atomic E-state index is -0.617. The van der Waals surface area contributed by atoms with Gasteiger partial charge >= 0.3 is 0 Å². The van der Waals surface area contributed by atoms with Crippen LogP contribution in [0.15, 0.2) is 69.9 Å². The molecule has 39 heavy (non-hydrogen) atoms. The lowest BCUT2D eigenvalue weighted by molar-refractivity contribution is 0.0707. The van der Waals surface area contributed by atoms with Gasteiger partial charge in [0.25, 0.3) is 5.91 Å². The van der Waals surface area contributed by atoms with Gasteiger partial charge < -0.3 is 23.5 Å². The number of rotatable bonds is 10. The van der Waals surface area contributed by atoms with E-state index in [1.165, 1.54) is 0 Å². The maximum atomic E-state index is 13.9. The molecular weight excluding hydrogens is 494 g/mol. The maximum absolute atomic E-state index is 13.9. The molecule has 0 fully saturated rings. The van der Waals surface area contributed by atoms with E-state index in [9.17, 15) is 9.59 Å². The molecule has 1 aliphatic rings. The highest BCUT2D eigenvalue weighted by molar-refractivity contribution is 5.99. The number of amides is 1. The molecule has 7 heteroatoms. The zero-order valence-electron chi connectivity index (χ0n) is 22.8. The summed E-state index contributed by atoms with van der Waals surface area (Å²) in [5.74, 6) is 0.953. The molecule has 202 valence electrons. The molecule has 0 bridgehead atoms. The molecule has 0 saturated heterocycles. The molecule has 4 aromatic rings. The molecule has 1 unspecified atom stereocenters. The van der Waals surface area contributed by atoms with Crippen LogP contribution >= 0.6 is 0 Å². The molecule has 0 saturated carbocycles. The van der Waals surface area contributed by atoms with Gasteiger partial charge in [0, 0.05) is 20.3 Å². The Morgan fingerprint density at radius 3 is 2.49 bits per heavy atom. The number of fused-ring (bicyclic) bond motifs is 2. The standard InChI is InChI=1S/C32H33NO6/c1-5-37-26-18-23(12-13-25(26)38-19-22-10-7-6-8-11-22)28-27-29(34)24-17-20(2)16-21(3)30(24)39-31(27)32(35)33(28)14-9-15-36-4/h6-8,10-13,16-18,28H,5,9,14-15,19H2,1-4H3. The van der Waals surface area contributed by atoms with Gasteiger partial charge in [0.15, 0.2) is 16.9 Å². The predicted molar refractivity (Wildman–Crippen MR) is 150 cm³/mol. The van der Waals surface area contributed by atoms with E-state index in [0.717, 1.165) is 22.3 Å². The van der Waals surface area contributed by atoms with E-state index >= 15 is 0 Å². The van der Waals surface area contributed by atoms with Crippen molar-refractivity contribution in [1.82, 2.24) is 4.90 Å². The number of ether oxygens (including phenoxy) is 3. The number of hydrogen-bond donors (Lipinski definition) is 0. The molecule has 2 heterocycles. The van der Waals surface area contributed by atoms with E-state index in [1.54, 1.807) is 12.0 Å². The van der Waals surface area contributed by atoms with Gasteiger partial charge in [0.2, 0.25) is 5.76 Å². The number of methoxy groups -OCH3 is 1. The van der Waals surface area contributed by atoms with Crippen LogP contribution in [-0.4, -0.2) is 37.7 Å². The summed E-state index contributed by atoms with van der Waals surface area (Å²) in [7, 11) is 1.63. The van der Waals surface area contributed by atoms with Crippen LogP contribution in [0, 0.1) is 13.8 Å². The Morgan fingerprint density at radius 2 is 1.74 bits per heavy atom. The smallest absolute Gasteiger partial charge is 0.290 e. The molecule has 1 aromatic heterocycles. The Hall–Kier alpha value is -4.10. The highest BCUT2D eigenvalue weighted by Gasteiger charge is 2.42. The van der Waals surface area contributed by atoms with E-state index in [2.05, 4.69) is 0 Å². The van der Waals surface area contributed by atoms with Gasteiger partial charge in [-0.2, -0.15) is 0 Å². The highest BCUT2D eigenvalue weighted by Crippen LogP contribution is 2.41. The lowest BCUT2D eigenvalue weighted by atomic mass is 9.97. The van der Waals surface area contributed by atoms with Crippen LogP contribution in [-0.2, 0) is 11.3 Å². The van der Waals surface area contributed by atoms with Gasteiger partial charge in [-0.05, 0) is 67.6 Å². The van der Waals surface area contributed by atoms with Crippen molar-refractivity contribution >= 4 is 16.9 Å². The summed E-state index contributed by atoms with van der Waals surface area (Å²) in [5.41, 5.74) is 4.21. The third-order valence-electron chi connectivity index (χ3n) is 6.97. The quantitative estimate of drug-likeness (QED) is 0.237. The van der Waals surface area contributed by atoms with Crippen molar-refractivity contribution in [2.24, 2.45) is 0 Å². The van der Waals surface area contributed by atoms with Crippen LogP contribution in [0.2, 0.25) is 0 Å². The molecule has 0 aliphatic carbocycles. The lowest BCUT2D eigenvalue weighted by Gasteiger charge is -2.26. The Bertz CT molecular complexity index is 1560. The first-order chi connectivity index (χ1) is 18.9. The predicted octanol–water partition coefficient (Wildman–Crippen LogP) is 5.97. The summed E-state index contributed by atoms with van der Waals surface area (Å²) in [4.78, 5) is 29.3. The summed E-state index contributed by atoms with van der Waals surface area (Å²) in [6.45, 7) is 7.47. The van der Waals surface area contributed by atoms with Crippen LogP contribution in [0.1, 0.15) is 57.8 Å². The fraction of sp³-hybridized carbons (Fsp3) is 0.312. The van der Waals surface area contributed by atoms with E-state index < -0.39 is 6.04 Å². The lowest BCUT2D eigenvalue weighted by Crippen LogP contribution is -2.31. The average molecular weight is 528 g/mol. The summed E-state index contributed by atoms with van der Waals surface area (Å²) in [6.07, 6.45) is 0.620. The van der Waals surface area contributed by atoms with Crippen molar-refractivity contribution in [3.63, 3.8) is 0 Å². The number of hydrogen-bond acceptors (Lipinski definition) is 6. The molecule has 0 radical (unpaired) electrons. The Labute approximate surface area is 227 Å². The monoisotopic (exact) mass is 527 g/mol. The van der Waals surface area contributed by atoms with Crippen molar-refractivity contribution < 1.29 is 23.4 Å². The number of carbonyl (C=O) groups excluding carboxylic acids is 1. The van der Waals surface area contributed by atoms with E-state index in [-0.39, 0.29) is 17.1 Å². The third kappa shape index (κ3) is 5.14. The molecule has 7 nitrogen and oxygen atoms in total. The van der Waals surface area contributed by atoms with Gasteiger partial charge in [-0.25, -0.2) is 0 Å². The Kier molecular flexibility index (Phi) is 7.70. The summed E-state index contributed by atoms with van der Waals surface area (Å²) in [5, 5.41) is 0.482. The first-order valence-electron chi connectivity index (χ1n) is 13.2. The van der Waals surface area contributed by atoms with Crippen LogP contribution in [0.4, 0.5) is 0 Å². The highest BCUT2D eigenvalue weighted by atomic mass is 16.5. The summed E-state index contributed by atoms with van der Waals surface area (Å²) < 4.78 is 23.5. The summed E-state index contributed by atoms with van der Waals surface area (Å²) in [6, 6.07) is 18.7. The zero-order chi connectivity index (χ0) is 27.5. The molecule has 3 aromatic carbocycles. The molecule has 1 amide bonds. The van der Waals surface area contributed by atoms with Gasteiger partial charge in [0.1, 0.15) is 12.2 Å². The SMILES string of the molecule is CCOc1cc(C2c3c(oc4c(C)cc(C)cc4c3=O)C(=O)N2CCCOC)ccc1OCc1ccccc1. The molecule has 5 rings (SSSR count). The van der Waals surface area contributed by atoms with Gasteiger partial charge in [-0.1, -0.05) is 42.5 Å². The van der Waals surface area contributed by atoms with Gasteiger partial charge in [-0.3, -0.25) is 9.59 Å². The normalized spacial score (nSPS) is 14.6. The zero-order valence-corrected chi connectivity index (χ0v) is 22.8. The van der Waals surface area contributed by atoms with Gasteiger partial charge in [0.05, 0.1) is 23.6 Å². The fourth-order valence-electron chi connectivity index (χ4n) is 5.25. The number of aryl methyl sites for hydroxylation is 2. The largest absolute Gasteiger partial charge is 0.490 e. The second kappa shape index (κ2) is 11.3. The number of carbonyl (C=O) groups is 1. The maximum Gasteiger partial charge on any atom is 0.290 e. The van der Waals surface area contributed by atoms with Crippen LogP contribution < -0.4 is 14.9 Å². The van der Waals surface area contributed by atoms with E-state index in [0.29, 0.717) is 60.8 Å². The topological polar surface area (TPSA) is 78.2 Å². The molecule has 0 spiro atoms. The van der Waals surface area contributed by atoms with Crippen LogP contribution in [0.25, 0.3) is 11.0 Å². The fourth-order valence-corrected chi connectivity index (χ4v) is 5.25. The van der Waals surface area contributed by atoms with Crippen molar-refractivity contribution in [3.8, 4) is 11.5 Å².